The van der Waals surface area contributed by atoms with Crippen LogP contribution in [0.3, 0.4) is 0 Å². The number of hydrogen-bond donors (Lipinski definition) is 2. The van der Waals surface area contributed by atoms with Gasteiger partial charge in [0.1, 0.15) is 5.82 Å². The summed E-state index contributed by atoms with van der Waals surface area (Å²) in [6.45, 7) is 2.61. The van der Waals surface area contributed by atoms with Crippen LogP contribution < -0.4 is 5.32 Å². The Morgan fingerprint density at radius 2 is 1.82 bits per heavy atom. The molecule has 0 saturated carbocycles. The summed E-state index contributed by atoms with van der Waals surface area (Å²) < 4.78 is 13.2. The summed E-state index contributed by atoms with van der Waals surface area (Å²) in [4.78, 5) is 15.3. The molecule has 1 aliphatic rings. The molecule has 1 amide bonds. The van der Waals surface area contributed by atoms with Gasteiger partial charge in [-0.3, -0.25) is 14.8 Å². The lowest BCUT2D eigenvalue weighted by Crippen LogP contribution is -2.36. The number of amides is 1. The SMILES string of the molecule is O=C(NC[C@H](c1ccccc1)N1CCCC1)c1cn[nH]c1-c1ccc(F)cc1. The number of aromatic amines is 1. The number of hydrogen-bond acceptors (Lipinski definition) is 3. The van der Waals surface area contributed by atoms with Gasteiger partial charge in [0, 0.05) is 12.1 Å². The van der Waals surface area contributed by atoms with Crippen LogP contribution in [-0.2, 0) is 0 Å². The van der Waals surface area contributed by atoms with E-state index in [4.69, 9.17) is 0 Å². The molecule has 1 aromatic heterocycles. The molecule has 0 aliphatic carbocycles. The molecular weight excluding hydrogens is 355 g/mol. The number of halogens is 1. The van der Waals surface area contributed by atoms with E-state index in [9.17, 15) is 9.18 Å². The van der Waals surface area contributed by atoms with E-state index in [1.807, 2.05) is 18.2 Å². The van der Waals surface area contributed by atoms with E-state index in [2.05, 4.69) is 32.5 Å². The number of H-pyrrole nitrogens is 1. The number of likely N-dealkylation sites (tertiary alicyclic amines) is 1. The zero-order valence-electron chi connectivity index (χ0n) is 15.6. The van der Waals surface area contributed by atoms with Crippen LogP contribution in [0.2, 0.25) is 0 Å². The molecule has 2 aromatic carbocycles. The van der Waals surface area contributed by atoms with Crippen LogP contribution in [-0.4, -0.2) is 40.6 Å². The largest absolute Gasteiger partial charge is 0.350 e. The van der Waals surface area contributed by atoms with Crippen molar-refractivity contribution < 1.29 is 9.18 Å². The molecule has 6 heteroatoms. The minimum atomic E-state index is -0.314. The lowest BCUT2D eigenvalue weighted by Gasteiger charge is -2.28. The van der Waals surface area contributed by atoms with Crippen LogP contribution in [0.25, 0.3) is 11.3 Å². The highest BCUT2D eigenvalue weighted by Crippen LogP contribution is 2.25. The van der Waals surface area contributed by atoms with Crippen molar-refractivity contribution in [2.45, 2.75) is 18.9 Å². The van der Waals surface area contributed by atoms with E-state index in [-0.39, 0.29) is 17.8 Å². The Hall–Kier alpha value is -2.99. The van der Waals surface area contributed by atoms with Crippen LogP contribution >= 0.6 is 0 Å². The Kier molecular flexibility index (Phi) is 5.48. The fraction of sp³-hybridized carbons (Fsp3) is 0.273. The fourth-order valence-corrected chi connectivity index (χ4v) is 3.77. The van der Waals surface area contributed by atoms with Gasteiger partial charge < -0.3 is 5.32 Å². The molecule has 2 heterocycles. The predicted molar refractivity (Wildman–Crippen MR) is 106 cm³/mol. The standard InChI is InChI=1S/C22H23FN4O/c23-18-10-8-17(9-11-18)21-19(14-25-26-21)22(28)24-15-20(27-12-4-5-13-27)16-6-2-1-3-7-16/h1-3,6-11,14,20H,4-5,12-13,15H2,(H,24,28)(H,25,26)/t20-/m1/s1. The number of carbonyl (C=O) groups excluding carboxylic acids is 1. The molecule has 0 spiro atoms. The van der Waals surface area contributed by atoms with E-state index < -0.39 is 0 Å². The topological polar surface area (TPSA) is 61.0 Å². The molecular formula is C22H23FN4O. The number of aromatic nitrogens is 2. The van der Waals surface area contributed by atoms with Gasteiger partial charge in [0.25, 0.3) is 5.91 Å². The van der Waals surface area contributed by atoms with Crippen LogP contribution in [0.5, 0.6) is 0 Å². The van der Waals surface area contributed by atoms with Crippen LogP contribution in [0.15, 0.2) is 60.8 Å². The van der Waals surface area contributed by atoms with Crippen molar-refractivity contribution in [3.8, 4) is 11.3 Å². The molecule has 144 valence electrons. The first-order chi connectivity index (χ1) is 13.7. The van der Waals surface area contributed by atoms with Gasteiger partial charge in [-0.1, -0.05) is 30.3 Å². The zero-order chi connectivity index (χ0) is 19.3. The van der Waals surface area contributed by atoms with Gasteiger partial charge in [0.15, 0.2) is 0 Å². The second-order valence-electron chi connectivity index (χ2n) is 7.05. The first-order valence-corrected chi connectivity index (χ1v) is 9.59. The molecule has 3 aromatic rings. The number of rotatable bonds is 6. The highest BCUT2D eigenvalue weighted by molar-refractivity contribution is 5.99. The summed E-state index contributed by atoms with van der Waals surface area (Å²) in [6.07, 6.45) is 3.89. The Bertz CT molecular complexity index is 917. The van der Waals surface area contributed by atoms with Crippen LogP contribution in [0.1, 0.15) is 34.8 Å². The summed E-state index contributed by atoms with van der Waals surface area (Å²) >= 11 is 0. The molecule has 1 saturated heterocycles. The normalized spacial score (nSPS) is 15.5. The molecule has 2 N–H and O–H groups in total. The van der Waals surface area contributed by atoms with E-state index in [1.165, 1.54) is 36.7 Å². The van der Waals surface area contributed by atoms with E-state index in [1.54, 1.807) is 12.1 Å². The fourth-order valence-electron chi connectivity index (χ4n) is 3.77. The Morgan fingerprint density at radius 1 is 1.11 bits per heavy atom. The van der Waals surface area contributed by atoms with E-state index in [0.29, 0.717) is 17.8 Å². The minimum absolute atomic E-state index is 0.147. The van der Waals surface area contributed by atoms with Crippen molar-refractivity contribution in [2.75, 3.05) is 19.6 Å². The van der Waals surface area contributed by atoms with Crippen molar-refractivity contribution >= 4 is 5.91 Å². The summed E-state index contributed by atoms with van der Waals surface area (Å²) in [5, 5.41) is 9.94. The Balaban J connectivity index is 1.50. The molecule has 0 bridgehead atoms. The van der Waals surface area contributed by atoms with Gasteiger partial charge >= 0.3 is 0 Å². The van der Waals surface area contributed by atoms with E-state index >= 15 is 0 Å². The quantitative estimate of drug-likeness (QED) is 0.686. The predicted octanol–water partition coefficient (Wildman–Crippen LogP) is 3.78. The van der Waals surface area contributed by atoms with Crippen LogP contribution in [0, 0.1) is 5.82 Å². The lowest BCUT2D eigenvalue weighted by molar-refractivity contribution is 0.0938. The molecule has 0 unspecified atom stereocenters. The van der Waals surface area contributed by atoms with Crippen molar-refractivity contribution in [1.82, 2.24) is 20.4 Å². The van der Waals surface area contributed by atoms with Crippen molar-refractivity contribution in [2.24, 2.45) is 0 Å². The highest BCUT2D eigenvalue weighted by Gasteiger charge is 2.24. The minimum Gasteiger partial charge on any atom is -0.350 e. The Morgan fingerprint density at radius 3 is 2.54 bits per heavy atom. The van der Waals surface area contributed by atoms with Gasteiger partial charge in [0.2, 0.25) is 0 Å². The van der Waals surface area contributed by atoms with Gasteiger partial charge in [-0.2, -0.15) is 5.10 Å². The second-order valence-corrected chi connectivity index (χ2v) is 7.05. The first-order valence-electron chi connectivity index (χ1n) is 9.59. The summed E-state index contributed by atoms with van der Waals surface area (Å²) in [7, 11) is 0. The molecule has 5 nitrogen and oxygen atoms in total. The smallest absolute Gasteiger partial charge is 0.255 e. The maximum Gasteiger partial charge on any atom is 0.255 e. The first kappa shape index (κ1) is 18.4. The van der Waals surface area contributed by atoms with Crippen molar-refractivity contribution in [1.29, 1.82) is 0 Å². The maximum atomic E-state index is 13.2. The monoisotopic (exact) mass is 378 g/mol. The number of carbonyl (C=O) groups is 1. The van der Waals surface area contributed by atoms with Gasteiger partial charge in [-0.25, -0.2) is 4.39 Å². The molecule has 4 rings (SSSR count). The average molecular weight is 378 g/mol. The third-order valence-electron chi connectivity index (χ3n) is 5.24. The average Bonchev–Trinajstić information content (AvgIpc) is 3.42. The zero-order valence-corrected chi connectivity index (χ0v) is 15.6. The second kappa shape index (κ2) is 8.35. The van der Waals surface area contributed by atoms with Crippen molar-refractivity contribution in [3.63, 3.8) is 0 Å². The molecule has 0 radical (unpaired) electrons. The van der Waals surface area contributed by atoms with Gasteiger partial charge in [-0.05, 0) is 55.8 Å². The highest BCUT2D eigenvalue weighted by atomic mass is 19.1. The van der Waals surface area contributed by atoms with Crippen LogP contribution in [0.4, 0.5) is 4.39 Å². The lowest BCUT2D eigenvalue weighted by atomic mass is 10.0. The number of nitrogens with zero attached hydrogens (tertiary/aromatic N) is 2. The third-order valence-corrected chi connectivity index (χ3v) is 5.24. The van der Waals surface area contributed by atoms with Crippen molar-refractivity contribution in [3.05, 3.63) is 77.7 Å². The molecule has 28 heavy (non-hydrogen) atoms. The maximum absolute atomic E-state index is 13.2. The molecule has 1 atom stereocenters. The van der Waals surface area contributed by atoms with Gasteiger partial charge in [-0.15, -0.1) is 0 Å². The summed E-state index contributed by atoms with van der Waals surface area (Å²) in [5.74, 6) is -0.501. The Labute approximate surface area is 163 Å². The summed E-state index contributed by atoms with van der Waals surface area (Å²) in [6, 6.07) is 16.4. The molecule has 1 fully saturated rings. The van der Waals surface area contributed by atoms with E-state index in [0.717, 1.165) is 18.7 Å². The number of benzene rings is 2. The molecule has 1 aliphatic heterocycles. The third kappa shape index (κ3) is 3.97. The van der Waals surface area contributed by atoms with Gasteiger partial charge in [0.05, 0.1) is 23.5 Å². The number of nitrogens with one attached hydrogen (secondary N) is 2. The summed E-state index contributed by atoms with van der Waals surface area (Å²) in [5.41, 5.74) is 2.98.